The third-order valence-corrected chi connectivity index (χ3v) is 3.92. The molecule has 0 radical (unpaired) electrons. The topological polar surface area (TPSA) is 54.0 Å². The number of morpholine rings is 1. The summed E-state index contributed by atoms with van der Waals surface area (Å²) in [6.45, 7) is 4.48. The van der Waals surface area contributed by atoms with E-state index in [-0.39, 0.29) is 0 Å². The second-order valence-corrected chi connectivity index (χ2v) is 5.65. The van der Waals surface area contributed by atoms with Gasteiger partial charge in [0.2, 0.25) is 0 Å². The van der Waals surface area contributed by atoms with Gasteiger partial charge in [0, 0.05) is 37.9 Å². The van der Waals surface area contributed by atoms with E-state index >= 15 is 0 Å². The average Bonchev–Trinajstić information content (AvgIpc) is 2.47. The zero-order valence-electron chi connectivity index (χ0n) is 11.6. The zero-order chi connectivity index (χ0) is 14.4. The van der Waals surface area contributed by atoms with Crippen LogP contribution in [0, 0.1) is 0 Å². The summed E-state index contributed by atoms with van der Waals surface area (Å²) in [5.74, 6) is 0.776. The quantitative estimate of drug-likeness (QED) is 0.820. The number of benzene rings is 1. The standard InChI is InChI=1S/C14H21BrN2O3/c1-19-14-8-11(2-3-13(14)15)16-9-12(18)10-17-4-6-20-7-5-17/h2-3,8,12,16,18H,4-7,9-10H2,1H3. The Kier molecular flexibility index (Phi) is 6.09. The minimum Gasteiger partial charge on any atom is -0.495 e. The first-order valence-corrected chi connectivity index (χ1v) is 7.54. The van der Waals surface area contributed by atoms with Crippen LogP contribution in [0.3, 0.4) is 0 Å². The molecule has 6 heteroatoms. The van der Waals surface area contributed by atoms with E-state index in [1.807, 2.05) is 18.2 Å². The fraction of sp³-hybridized carbons (Fsp3) is 0.571. The molecule has 1 unspecified atom stereocenters. The van der Waals surface area contributed by atoms with Crippen LogP contribution in [-0.4, -0.2) is 62.6 Å². The van der Waals surface area contributed by atoms with Crippen LogP contribution in [-0.2, 0) is 4.74 Å². The summed E-state index contributed by atoms with van der Waals surface area (Å²) in [6, 6.07) is 5.79. The lowest BCUT2D eigenvalue weighted by Crippen LogP contribution is -2.42. The van der Waals surface area contributed by atoms with Crippen molar-refractivity contribution in [1.82, 2.24) is 4.90 Å². The summed E-state index contributed by atoms with van der Waals surface area (Å²) < 4.78 is 11.4. The van der Waals surface area contributed by atoms with Gasteiger partial charge in [0.1, 0.15) is 5.75 Å². The van der Waals surface area contributed by atoms with E-state index in [2.05, 4.69) is 26.1 Å². The number of ether oxygens (including phenoxy) is 2. The highest BCUT2D eigenvalue weighted by atomic mass is 79.9. The number of methoxy groups -OCH3 is 1. The highest BCUT2D eigenvalue weighted by Crippen LogP contribution is 2.27. The Balaban J connectivity index is 1.78. The lowest BCUT2D eigenvalue weighted by molar-refractivity contribution is 0.0171. The summed E-state index contributed by atoms with van der Waals surface area (Å²) in [5.41, 5.74) is 0.936. The van der Waals surface area contributed by atoms with E-state index in [1.165, 1.54) is 0 Å². The van der Waals surface area contributed by atoms with Gasteiger partial charge in [-0.3, -0.25) is 4.90 Å². The highest BCUT2D eigenvalue weighted by molar-refractivity contribution is 9.10. The van der Waals surface area contributed by atoms with Crippen molar-refractivity contribution < 1.29 is 14.6 Å². The SMILES string of the molecule is COc1cc(NCC(O)CN2CCOCC2)ccc1Br. The number of aliphatic hydroxyl groups is 1. The van der Waals surface area contributed by atoms with E-state index in [0.717, 1.165) is 42.2 Å². The van der Waals surface area contributed by atoms with Gasteiger partial charge in [0.25, 0.3) is 0 Å². The number of hydrogen-bond acceptors (Lipinski definition) is 5. The highest BCUT2D eigenvalue weighted by Gasteiger charge is 2.14. The smallest absolute Gasteiger partial charge is 0.135 e. The van der Waals surface area contributed by atoms with Gasteiger partial charge in [0.05, 0.1) is 30.9 Å². The molecule has 1 atom stereocenters. The summed E-state index contributed by atoms with van der Waals surface area (Å²) in [7, 11) is 1.64. The van der Waals surface area contributed by atoms with Crippen LogP contribution in [0.1, 0.15) is 0 Å². The summed E-state index contributed by atoms with van der Waals surface area (Å²) in [6.07, 6.45) is -0.400. The van der Waals surface area contributed by atoms with Gasteiger partial charge >= 0.3 is 0 Å². The van der Waals surface area contributed by atoms with Crippen molar-refractivity contribution in [1.29, 1.82) is 0 Å². The molecule has 1 heterocycles. The van der Waals surface area contributed by atoms with Crippen molar-refractivity contribution in [2.75, 3.05) is 51.8 Å². The molecule has 0 bridgehead atoms. The molecule has 2 rings (SSSR count). The van der Waals surface area contributed by atoms with Crippen molar-refractivity contribution in [3.8, 4) is 5.75 Å². The Labute approximate surface area is 128 Å². The Hall–Kier alpha value is -0.820. The van der Waals surface area contributed by atoms with E-state index in [4.69, 9.17) is 9.47 Å². The molecule has 2 N–H and O–H groups in total. The van der Waals surface area contributed by atoms with Crippen molar-refractivity contribution in [3.05, 3.63) is 22.7 Å². The fourth-order valence-corrected chi connectivity index (χ4v) is 2.56. The Morgan fingerprint density at radius 2 is 2.20 bits per heavy atom. The maximum Gasteiger partial charge on any atom is 0.135 e. The Bertz CT molecular complexity index is 425. The first-order chi connectivity index (χ1) is 9.69. The van der Waals surface area contributed by atoms with Crippen molar-refractivity contribution in [2.45, 2.75) is 6.10 Å². The molecule has 1 aromatic rings. The molecular formula is C14H21BrN2O3. The predicted molar refractivity (Wildman–Crippen MR) is 82.4 cm³/mol. The summed E-state index contributed by atoms with van der Waals surface area (Å²) >= 11 is 3.42. The molecule has 1 fully saturated rings. The molecule has 0 aliphatic carbocycles. The third kappa shape index (κ3) is 4.63. The molecule has 0 aromatic heterocycles. The summed E-state index contributed by atoms with van der Waals surface area (Å²) in [5, 5.41) is 13.3. The van der Waals surface area contributed by atoms with Crippen LogP contribution in [0.25, 0.3) is 0 Å². The van der Waals surface area contributed by atoms with Gasteiger partial charge in [-0.2, -0.15) is 0 Å². The average molecular weight is 345 g/mol. The minimum absolute atomic E-state index is 0.400. The van der Waals surface area contributed by atoms with Crippen LogP contribution in [0.15, 0.2) is 22.7 Å². The van der Waals surface area contributed by atoms with E-state index in [0.29, 0.717) is 13.1 Å². The number of hydrogen-bond donors (Lipinski definition) is 2. The van der Waals surface area contributed by atoms with Gasteiger partial charge in [-0.25, -0.2) is 0 Å². The van der Waals surface area contributed by atoms with Crippen molar-refractivity contribution in [3.63, 3.8) is 0 Å². The van der Waals surface area contributed by atoms with Crippen LogP contribution < -0.4 is 10.1 Å². The molecule has 20 heavy (non-hydrogen) atoms. The van der Waals surface area contributed by atoms with Crippen LogP contribution in [0.2, 0.25) is 0 Å². The van der Waals surface area contributed by atoms with Crippen LogP contribution in [0.5, 0.6) is 5.75 Å². The minimum atomic E-state index is -0.400. The lowest BCUT2D eigenvalue weighted by atomic mass is 10.2. The number of nitrogens with zero attached hydrogens (tertiary/aromatic N) is 1. The molecule has 0 saturated carbocycles. The van der Waals surface area contributed by atoms with E-state index in [1.54, 1.807) is 7.11 Å². The van der Waals surface area contributed by atoms with Crippen LogP contribution in [0.4, 0.5) is 5.69 Å². The molecule has 1 aliphatic heterocycles. The van der Waals surface area contributed by atoms with Gasteiger partial charge in [-0.05, 0) is 28.1 Å². The normalized spacial score (nSPS) is 17.8. The molecule has 1 saturated heterocycles. The second kappa shape index (κ2) is 7.83. The maximum atomic E-state index is 10.1. The van der Waals surface area contributed by atoms with Crippen molar-refractivity contribution in [2.24, 2.45) is 0 Å². The van der Waals surface area contributed by atoms with Gasteiger partial charge in [0.15, 0.2) is 0 Å². The van der Waals surface area contributed by atoms with Gasteiger partial charge in [-0.15, -0.1) is 0 Å². The van der Waals surface area contributed by atoms with Gasteiger partial charge < -0.3 is 19.9 Å². The number of β-amino-alcohol motifs (C(OH)–C–C–N with tert-alkyl or cyclic N) is 1. The Morgan fingerprint density at radius 3 is 2.90 bits per heavy atom. The van der Waals surface area contributed by atoms with E-state index in [9.17, 15) is 5.11 Å². The number of nitrogens with one attached hydrogen (secondary N) is 1. The number of anilines is 1. The first-order valence-electron chi connectivity index (χ1n) is 6.74. The Morgan fingerprint density at radius 1 is 1.45 bits per heavy atom. The van der Waals surface area contributed by atoms with Gasteiger partial charge in [-0.1, -0.05) is 0 Å². The largest absolute Gasteiger partial charge is 0.495 e. The lowest BCUT2D eigenvalue weighted by Gasteiger charge is -2.28. The molecule has 1 aromatic carbocycles. The predicted octanol–water partition coefficient (Wildman–Crippen LogP) is 1.56. The zero-order valence-corrected chi connectivity index (χ0v) is 13.2. The molecule has 112 valence electrons. The number of halogens is 1. The molecule has 0 amide bonds. The monoisotopic (exact) mass is 344 g/mol. The van der Waals surface area contributed by atoms with E-state index < -0.39 is 6.10 Å². The third-order valence-electron chi connectivity index (χ3n) is 3.27. The maximum absolute atomic E-state index is 10.1. The van der Waals surface area contributed by atoms with Crippen LogP contribution >= 0.6 is 15.9 Å². The second-order valence-electron chi connectivity index (χ2n) is 4.80. The molecule has 5 nitrogen and oxygen atoms in total. The fourth-order valence-electron chi connectivity index (χ4n) is 2.15. The molecule has 1 aliphatic rings. The van der Waals surface area contributed by atoms with Crippen molar-refractivity contribution >= 4 is 21.6 Å². The number of rotatable bonds is 6. The first kappa shape index (κ1) is 15.6. The molecule has 0 spiro atoms. The number of aliphatic hydroxyl groups excluding tert-OH is 1. The molecular weight excluding hydrogens is 324 g/mol. The summed E-state index contributed by atoms with van der Waals surface area (Å²) in [4.78, 5) is 2.22.